The van der Waals surface area contributed by atoms with Crippen LogP contribution in [0.3, 0.4) is 0 Å². The molecule has 6 nitrogen and oxygen atoms in total. The molecule has 0 saturated heterocycles. The Labute approximate surface area is 177 Å². The Balaban J connectivity index is 1.57. The minimum Gasteiger partial charge on any atom is -0.296 e. The molecule has 0 aliphatic heterocycles. The summed E-state index contributed by atoms with van der Waals surface area (Å²) < 4.78 is 1.29. The zero-order valence-corrected chi connectivity index (χ0v) is 17.1. The summed E-state index contributed by atoms with van der Waals surface area (Å²) >= 11 is 1.54. The monoisotopic (exact) mass is 416 g/mol. The van der Waals surface area contributed by atoms with Crippen LogP contribution in [-0.4, -0.2) is 20.7 Å². The maximum atomic E-state index is 13.2. The molecule has 2 heterocycles. The lowest BCUT2D eigenvalue weighted by molar-refractivity contribution is 0.102. The largest absolute Gasteiger partial charge is 0.296 e. The molecule has 1 amide bonds. The van der Waals surface area contributed by atoms with E-state index >= 15 is 0 Å². The van der Waals surface area contributed by atoms with Crippen LogP contribution in [0.25, 0.3) is 16.5 Å². The van der Waals surface area contributed by atoms with Crippen molar-refractivity contribution in [3.63, 3.8) is 0 Å². The van der Waals surface area contributed by atoms with Gasteiger partial charge in [-0.1, -0.05) is 42.8 Å². The molecule has 1 aliphatic rings. The number of para-hydroxylation sites is 1. The molecule has 5 rings (SSSR count). The predicted octanol–water partition coefficient (Wildman–Crippen LogP) is 4.36. The summed E-state index contributed by atoms with van der Waals surface area (Å²) in [5, 5.41) is 8.93. The van der Waals surface area contributed by atoms with E-state index in [4.69, 9.17) is 0 Å². The van der Waals surface area contributed by atoms with Gasteiger partial charge in [-0.15, -0.1) is 11.3 Å². The number of fused-ring (bicyclic) bond motifs is 2. The molecule has 0 spiro atoms. The first kappa shape index (κ1) is 18.7. The van der Waals surface area contributed by atoms with Crippen molar-refractivity contribution in [1.82, 2.24) is 14.8 Å². The number of anilines is 1. The minimum atomic E-state index is -0.361. The molecular weight excluding hydrogens is 396 g/mol. The van der Waals surface area contributed by atoms with Crippen LogP contribution in [-0.2, 0) is 12.8 Å². The first-order valence-corrected chi connectivity index (χ1v) is 10.9. The Kier molecular flexibility index (Phi) is 4.88. The third kappa shape index (κ3) is 3.41. The van der Waals surface area contributed by atoms with Gasteiger partial charge in [-0.2, -0.15) is 9.78 Å². The van der Waals surface area contributed by atoms with Gasteiger partial charge in [0, 0.05) is 10.3 Å². The summed E-state index contributed by atoms with van der Waals surface area (Å²) in [5.74, 6) is -0.361. The smallest absolute Gasteiger partial charge is 0.279 e. The highest BCUT2D eigenvalue weighted by Gasteiger charge is 2.20. The quantitative estimate of drug-likeness (QED) is 0.503. The summed E-state index contributed by atoms with van der Waals surface area (Å²) in [5.41, 5.74) is 1.66. The van der Waals surface area contributed by atoms with Crippen LogP contribution in [0, 0.1) is 0 Å². The number of nitrogens with zero attached hydrogens (tertiary/aromatic N) is 3. The highest BCUT2D eigenvalue weighted by molar-refractivity contribution is 7.15. The number of amides is 1. The SMILES string of the molecule is O=C(Nc1nc2c(s1)CCCCC2)c1nn(-c2ccccc2)c(=O)c2ccccc12. The lowest BCUT2D eigenvalue weighted by Crippen LogP contribution is -2.26. The molecule has 150 valence electrons. The Morgan fingerprint density at radius 2 is 1.67 bits per heavy atom. The number of benzene rings is 2. The van der Waals surface area contributed by atoms with Gasteiger partial charge in [-0.05, 0) is 43.9 Å². The van der Waals surface area contributed by atoms with Crippen LogP contribution in [0.1, 0.15) is 40.3 Å². The normalized spacial score (nSPS) is 13.6. The summed E-state index contributed by atoms with van der Waals surface area (Å²) in [6.07, 6.45) is 5.50. The molecule has 30 heavy (non-hydrogen) atoms. The van der Waals surface area contributed by atoms with Crippen LogP contribution in [0.15, 0.2) is 59.4 Å². The van der Waals surface area contributed by atoms with Crippen LogP contribution < -0.4 is 10.9 Å². The van der Waals surface area contributed by atoms with Gasteiger partial charge in [0.15, 0.2) is 10.8 Å². The Bertz CT molecular complexity index is 1270. The number of nitrogens with one attached hydrogen (secondary N) is 1. The number of carbonyl (C=O) groups is 1. The topological polar surface area (TPSA) is 76.9 Å². The molecule has 4 aromatic rings. The maximum Gasteiger partial charge on any atom is 0.279 e. The molecule has 2 aromatic carbocycles. The lowest BCUT2D eigenvalue weighted by atomic mass is 10.1. The lowest BCUT2D eigenvalue weighted by Gasteiger charge is -2.10. The zero-order chi connectivity index (χ0) is 20.5. The van der Waals surface area contributed by atoms with Gasteiger partial charge in [-0.25, -0.2) is 4.98 Å². The molecule has 1 N–H and O–H groups in total. The molecule has 0 atom stereocenters. The zero-order valence-electron chi connectivity index (χ0n) is 16.3. The van der Waals surface area contributed by atoms with Crippen molar-refractivity contribution in [3.05, 3.63) is 81.2 Å². The fourth-order valence-corrected chi connectivity index (χ4v) is 4.88. The number of rotatable bonds is 3. The predicted molar refractivity (Wildman–Crippen MR) is 119 cm³/mol. The molecule has 0 saturated carbocycles. The number of hydrogen-bond acceptors (Lipinski definition) is 5. The van der Waals surface area contributed by atoms with Crippen molar-refractivity contribution in [2.75, 3.05) is 5.32 Å². The van der Waals surface area contributed by atoms with Crippen molar-refractivity contribution >= 4 is 33.1 Å². The molecule has 2 aromatic heterocycles. The standard InChI is InChI=1S/C23H20N4O2S/c28-21(25-23-24-18-13-5-2-6-14-19(18)30-23)20-16-11-7-8-12-17(16)22(29)27(26-20)15-9-3-1-4-10-15/h1,3-4,7-12H,2,5-6,13-14H2,(H,24,25,28). The van der Waals surface area contributed by atoms with Gasteiger partial charge in [-0.3, -0.25) is 14.9 Å². The Hall–Kier alpha value is -3.32. The Morgan fingerprint density at radius 3 is 2.50 bits per heavy atom. The van der Waals surface area contributed by atoms with Crippen LogP contribution in [0.4, 0.5) is 5.13 Å². The second kappa shape index (κ2) is 7.84. The van der Waals surface area contributed by atoms with E-state index < -0.39 is 0 Å². The van der Waals surface area contributed by atoms with Gasteiger partial charge in [0.05, 0.1) is 16.8 Å². The van der Waals surface area contributed by atoms with Crippen LogP contribution in [0.2, 0.25) is 0 Å². The number of aromatic nitrogens is 3. The molecule has 7 heteroatoms. The van der Waals surface area contributed by atoms with E-state index in [1.807, 2.05) is 18.2 Å². The summed E-state index contributed by atoms with van der Waals surface area (Å²) in [4.78, 5) is 32.1. The van der Waals surface area contributed by atoms with E-state index in [0.717, 1.165) is 31.4 Å². The Morgan fingerprint density at radius 1 is 0.933 bits per heavy atom. The average Bonchev–Trinajstić information content (AvgIpc) is 3.02. The third-order valence-electron chi connectivity index (χ3n) is 5.34. The fraction of sp³-hybridized carbons (Fsp3) is 0.217. The molecule has 0 unspecified atom stereocenters. The van der Waals surface area contributed by atoms with Crippen LogP contribution >= 0.6 is 11.3 Å². The summed E-state index contributed by atoms with van der Waals surface area (Å²) in [6.45, 7) is 0. The van der Waals surface area contributed by atoms with Crippen molar-refractivity contribution < 1.29 is 4.79 Å². The number of aryl methyl sites for hydroxylation is 2. The highest BCUT2D eigenvalue weighted by atomic mass is 32.1. The van der Waals surface area contributed by atoms with Gasteiger partial charge < -0.3 is 0 Å². The average molecular weight is 417 g/mol. The van der Waals surface area contributed by atoms with Gasteiger partial charge >= 0.3 is 0 Å². The summed E-state index contributed by atoms with van der Waals surface area (Å²) in [7, 11) is 0. The maximum absolute atomic E-state index is 13.2. The number of hydrogen-bond donors (Lipinski definition) is 1. The molecular formula is C23H20N4O2S. The number of thiazole rings is 1. The fourth-order valence-electron chi connectivity index (χ4n) is 3.84. The molecule has 0 bridgehead atoms. The van der Waals surface area contributed by atoms with Crippen molar-refractivity contribution in [1.29, 1.82) is 0 Å². The van der Waals surface area contributed by atoms with E-state index in [9.17, 15) is 9.59 Å². The van der Waals surface area contributed by atoms with E-state index in [1.54, 1.807) is 47.7 Å². The van der Waals surface area contributed by atoms with Crippen molar-refractivity contribution in [2.45, 2.75) is 32.1 Å². The molecule has 0 radical (unpaired) electrons. The van der Waals surface area contributed by atoms with E-state index in [0.29, 0.717) is 21.6 Å². The van der Waals surface area contributed by atoms with Gasteiger partial charge in [0.2, 0.25) is 0 Å². The second-order valence-corrected chi connectivity index (χ2v) is 8.43. The third-order valence-corrected chi connectivity index (χ3v) is 6.41. The van der Waals surface area contributed by atoms with E-state index in [1.165, 1.54) is 16.0 Å². The first-order valence-electron chi connectivity index (χ1n) is 10.1. The van der Waals surface area contributed by atoms with E-state index in [-0.39, 0.29) is 17.2 Å². The summed E-state index contributed by atoms with van der Waals surface area (Å²) in [6, 6.07) is 16.2. The van der Waals surface area contributed by atoms with Crippen molar-refractivity contribution in [2.24, 2.45) is 0 Å². The first-order chi connectivity index (χ1) is 14.7. The van der Waals surface area contributed by atoms with Gasteiger partial charge in [0.25, 0.3) is 11.5 Å². The number of carbonyl (C=O) groups excluding carboxylic acids is 1. The van der Waals surface area contributed by atoms with Crippen molar-refractivity contribution in [3.8, 4) is 5.69 Å². The second-order valence-electron chi connectivity index (χ2n) is 7.35. The molecule has 0 fully saturated rings. The minimum absolute atomic E-state index is 0.208. The van der Waals surface area contributed by atoms with E-state index in [2.05, 4.69) is 15.4 Å². The highest BCUT2D eigenvalue weighted by Crippen LogP contribution is 2.29. The van der Waals surface area contributed by atoms with Gasteiger partial charge in [0.1, 0.15) is 0 Å². The molecule has 1 aliphatic carbocycles. The van der Waals surface area contributed by atoms with Crippen LogP contribution in [0.5, 0.6) is 0 Å².